The van der Waals surface area contributed by atoms with Crippen LogP contribution >= 0.6 is 0 Å². The Labute approximate surface area is 99.8 Å². The Bertz CT molecular complexity index is 406. The van der Waals surface area contributed by atoms with Crippen LogP contribution in [0.4, 0.5) is 0 Å². The minimum absolute atomic E-state index is 0.244. The molecule has 0 heterocycles. The average molecular weight is 236 g/mol. The van der Waals surface area contributed by atoms with Gasteiger partial charge in [0.15, 0.2) is 6.10 Å². The molecular formula is C13H16O4. The van der Waals surface area contributed by atoms with Crippen molar-refractivity contribution >= 4 is 5.97 Å². The van der Waals surface area contributed by atoms with Crippen LogP contribution in [0.2, 0.25) is 0 Å². The summed E-state index contributed by atoms with van der Waals surface area (Å²) in [7, 11) is 0. The molecule has 1 aliphatic carbocycles. The van der Waals surface area contributed by atoms with Crippen molar-refractivity contribution in [2.45, 2.75) is 31.5 Å². The molecule has 0 aromatic heterocycles. The average Bonchev–Trinajstić information content (AvgIpc) is 3.08. The number of ether oxygens (including phenoxy) is 1. The molecule has 0 saturated heterocycles. The highest BCUT2D eigenvalue weighted by atomic mass is 16.5. The van der Waals surface area contributed by atoms with Crippen molar-refractivity contribution in [3.8, 4) is 0 Å². The molecule has 1 aromatic carbocycles. The van der Waals surface area contributed by atoms with Gasteiger partial charge in [0.25, 0.3) is 0 Å². The van der Waals surface area contributed by atoms with E-state index in [1.165, 1.54) is 0 Å². The zero-order valence-electron chi connectivity index (χ0n) is 9.72. The van der Waals surface area contributed by atoms with Crippen LogP contribution in [0.15, 0.2) is 24.3 Å². The molecule has 0 radical (unpaired) electrons. The van der Waals surface area contributed by atoms with Gasteiger partial charge in [-0.15, -0.1) is 0 Å². The Morgan fingerprint density at radius 2 is 2.00 bits per heavy atom. The molecule has 0 spiro atoms. The molecule has 17 heavy (non-hydrogen) atoms. The topological polar surface area (TPSA) is 66.8 Å². The number of aliphatic hydroxyl groups excluding tert-OH is 1. The normalized spacial score (nSPS) is 18.5. The second kappa shape index (κ2) is 4.47. The van der Waals surface area contributed by atoms with Crippen LogP contribution in [0.3, 0.4) is 0 Å². The van der Waals surface area contributed by atoms with Crippen LogP contribution in [0.5, 0.6) is 0 Å². The van der Waals surface area contributed by atoms with Crippen molar-refractivity contribution < 1.29 is 19.7 Å². The van der Waals surface area contributed by atoms with Gasteiger partial charge in [0.05, 0.1) is 12.2 Å². The van der Waals surface area contributed by atoms with Crippen LogP contribution in [0, 0.1) is 0 Å². The van der Waals surface area contributed by atoms with Gasteiger partial charge in [-0.25, -0.2) is 4.79 Å². The maximum absolute atomic E-state index is 11.3. The third-order valence-electron chi connectivity index (χ3n) is 3.00. The Morgan fingerprint density at radius 1 is 1.41 bits per heavy atom. The largest absolute Gasteiger partial charge is 0.464 e. The van der Waals surface area contributed by atoms with Crippen molar-refractivity contribution in [3.63, 3.8) is 0 Å². The van der Waals surface area contributed by atoms with Gasteiger partial charge < -0.3 is 14.9 Å². The molecule has 2 rings (SSSR count). The van der Waals surface area contributed by atoms with E-state index in [1.54, 1.807) is 31.2 Å². The number of carbonyl (C=O) groups excluding carboxylic acids is 1. The first-order valence-electron chi connectivity index (χ1n) is 5.74. The summed E-state index contributed by atoms with van der Waals surface area (Å²) >= 11 is 0. The highest BCUT2D eigenvalue weighted by Crippen LogP contribution is 2.45. The van der Waals surface area contributed by atoms with Crippen LogP contribution in [-0.4, -0.2) is 22.8 Å². The lowest BCUT2D eigenvalue weighted by molar-refractivity contribution is -0.153. The fourth-order valence-electron chi connectivity index (χ4n) is 1.74. The number of hydrogen-bond acceptors (Lipinski definition) is 4. The smallest absolute Gasteiger partial charge is 0.339 e. The van der Waals surface area contributed by atoms with Gasteiger partial charge in [0.2, 0.25) is 0 Å². The summed E-state index contributed by atoms with van der Waals surface area (Å²) in [5.41, 5.74) is 0.627. The van der Waals surface area contributed by atoms with Crippen LogP contribution in [-0.2, 0) is 15.1 Å². The lowest BCUT2D eigenvalue weighted by Crippen LogP contribution is -2.15. The van der Waals surface area contributed by atoms with Gasteiger partial charge in [0.1, 0.15) is 0 Å². The quantitative estimate of drug-likeness (QED) is 0.772. The number of aliphatic hydroxyl groups is 2. The molecular weight excluding hydrogens is 220 g/mol. The van der Waals surface area contributed by atoms with E-state index >= 15 is 0 Å². The summed E-state index contributed by atoms with van der Waals surface area (Å²) in [5.74, 6) is -0.648. The van der Waals surface area contributed by atoms with E-state index in [0.717, 1.165) is 18.4 Å². The minimum atomic E-state index is -1.25. The summed E-state index contributed by atoms with van der Waals surface area (Å²) in [4.78, 5) is 11.3. The van der Waals surface area contributed by atoms with Gasteiger partial charge in [-0.2, -0.15) is 0 Å². The third-order valence-corrected chi connectivity index (χ3v) is 3.00. The number of hydrogen-bond donors (Lipinski definition) is 2. The third kappa shape index (κ3) is 2.48. The van der Waals surface area contributed by atoms with Crippen LogP contribution in [0.25, 0.3) is 0 Å². The summed E-state index contributed by atoms with van der Waals surface area (Å²) in [6.07, 6.45) is 0.289. The second-order valence-electron chi connectivity index (χ2n) is 4.31. The van der Waals surface area contributed by atoms with E-state index in [1.807, 2.05) is 0 Å². The monoisotopic (exact) mass is 236 g/mol. The van der Waals surface area contributed by atoms with Gasteiger partial charge in [-0.1, -0.05) is 24.3 Å². The molecule has 4 nitrogen and oxygen atoms in total. The number of benzene rings is 1. The Hall–Kier alpha value is -1.39. The first-order valence-corrected chi connectivity index (χ1v) is 5.74. The molecule has 1 saturated carbocycles. The Morgan fingerprint density at radius 3 is 2.47 bits per heavy atom. The van der Waals surface area contributed by atoms with E-state index in [9.17, 15) is 15.0 Å². The summed E-state index contributed by atoms with van der Waals surface area (Å²) < 4.78 is 4.73. The fraction of sp³-hybridized carbons (Fsp3) is 0.462. The molecule has 1 atom stereocenters. The van der Waals surface area contributed by atoms with Crippen molar-refractivity contribution in [1.82, 2.24) is 0 Å². The molecule has 0 aliphatic heterocycles. The van der Waals surface area contributed by atoms with Crippen molar-refractivity contribution in [1.29, 1.82) is 0 Å². The lowest BCUT2D eigenvalue weighted by atomic mass is 10.0. The molecule has 4 heteroatoms. The fourth-order valence-corrected chi connectivity index (χ4v) is 1.74. The maximum atomic E-state index is 11.3. The van der Waals surface area contributed by atoms with E-state index < -0.39 is 17.7 Å². The number of carbonyl (C=O) groups is 1. The molecule has 2 N–H and O–H groups in total. The Balaban J connectivity index is 2.09. The second-order valence-corrected chi connectivity index (χ2v) is 4.31. The molecule has 1 aromatic rings. The summed E-state index contributed by atoms with van der Waals surface area (Å²) in [5, 5.41) is 19.6. The van der Waals surface area contributed by atoms with E-state index in [4.69, 9.17) is 4.74 Å². The number of esters is 1. The number of rotatable bonds is 4. The van der Waals surface area contributed by atoms with Crippen molar-refractivity contribution in [2.24, 2.45) is 0 Å². The predicted octanol–water partition coefficient (Wildman–Crippen LogP) is 1.26. The molecule has 0 amide bonds. The molecule has 1 aliphatic rings. The van der Waals surface area contributed by atoms with E-state index in [0.29, 0.717) is 5.56 Å². The molecule has 1 unspecified atom stereocenters. The van der Waals surface area contributed by atoms with Gasteiger partial charge in [0, 0.05) is 0 Å². The summed E-state index contributed by atoms with van der Waals surface area (Å²) in [6, 6.07) is 6.77. The van der Waals surface area contributed by atoms with Crippen LogP contribution < -0.4 is 0 Å². The van der Waals surface area contributed by atoms with Gasteiger partial charge >= 0.3 is 5.97 Å². The summed E-state index contributed by atoms with van der Waals surface area (Å²) in [6.45, 7) is 1.93. The first-order chi connectivity index (χ1) is 8.07. The maximum Gasteiger partial charge on any atom is 0.339 e. The molecule has 1 fully saturated rings. The van der Waals surface area contributed by atoms with Crippen molar-refractivity contribution in [3.05, 3.63) is 35.4 Å². The lowest BCUT2D eigenvalue weighted by Gasteiger charge is -2.12. The zero-order chi connectivity index (χ0) is 12.5. The zero-order valence-corrected chi connectivity index (χ0v) is 9.72. The van der Waals surface area contributed by atoms with Gasteiger partial charge in [-0.05, 0) is 30.9 Å². The van der Waals surface area contributed by atoms with E-state index in [-0.39, 0.29) is 6.61 Å². The molecule has 0 bridgehead atoms. The predicted molar refractivity (Wildman–Crippen MR) is 61.2 cm³/mol. The highest BCUT2D eigenvalue weighted by molar-refractivity contribution is 5.76. The van der Waals surface area contributed by atoms with Gasteiger partial charge in [-0.3, -0.25) is 0 Å². The van der Waals surface area contributed by atoms with Crippen molar-refractivity contribution in [2.75, 3.05) is 6.61 Å². The van der Waals surface area contributed by atoms with Crippen LogP contribution in [0.1, 0.15) is 37.0 Å². The van der Waals surface area contributed by atoms with E-state index in [2.05, 4.69) is 0 Å². The standard InChI is InChI=1S/C13H16O4/c1-2-17-12(15)11(14)9-3-5-10(6-4-9)13(16)7-8-13/h3-6,11,14,16H,2,7-8H2,1H3. The Kier molecular flexibility index (Phi) is 3.17. The SMILES string of the molecule is CCOC(=O)C(O)c1ccc(C2(O)CC2)cc1. The molecule has 92 valence electrons. The minimum Gasteiger partial charge on any atom is -0.464 e. The highest BCUT2D eigenvalue weighted by Gasteiger charge is 2.41. The first kappa shape index (κ1) is 12.1.